The zero-order valence-electron chi connectivity index (χ0n) is 12.0. The van der Waals surface area contributed by atoms with Gasteiger partial charge in [0.15, 0.2) is 0 Å². The van der Waals surface area contributed by atoms with Crippen LogP contribution in [0.4, 0.5) is 0 Å². The maximum absolute atomic E-state index is 11.8. The molecule has 112 valence electrons. The molecule has 1 fully saturated rings. The second-order valence-corrected chi connectivity index (χ2v) is 7.13. The minimum absolute atomic E-state index is 0.201. The number of aromatic nitrogens is 4. The van der Waals surface area contributed by atoms with Crippen LogP contribution in [0, 0.1) is 0 Å². The molecule has 3 rings (SSSR count). The fraction of sp³-hybridized carbons (Fsp3) is 0.462. The minimum atomic E-state index is -3.21. The Labute approximate surface area is 123 Å². The van der Waals surface area contributed by atoms with Crippen molar-refractivity contribution >= 4 is 10.0 Å². The third-order valence-corrected chi connectivity index (χ3v) is 5.02. The highest BCUT2D eigenvalue weighted by Crippen LogP contribution is 2.32. The van der Waals surface area contributed by atoms with Gasteiger partial charge in [0.1, 0.15) is 5.69 Å². The summed E-state index contributed by atoms with van der Waals surface area (Å²) in [4.78, 5) is 8.81. The molecule has 8 heteroatoms. The minimum Gasteiger partial charge on any atom is -0.266 e. The SMILES string of the molecule is Cn1nccc1-c1cnc(C2CCCN2S(C)(=O)=O)cn1. The van der Waals surface area contributed by atoms with Gasteiger partial charge >= 0.3 is 0 Å². The van der Waals surface area contributed by atoms with Crippen LogP contribution in [0.2, 0.25) is 0 Å². The molecule has 0 N–H and O–H groups in total. The third kappa shape index (κ3) is 2.68. The number of rotatable bonds is 3. The molecule has 2 aromatic heterocycles. The molecule has 0 spiro atoms. The number of nitrogens with zero attached hydrogens (tertiary/aromatic N) is 5. The van der Waals surface area contributed by atoms with Crippen LogP contribution in [0.3, 0.4) is 0 Å². The molecule has 0 radical (unpaired) electrons. The quantitative estimate of drug-likeness (QED) is 0.844. The van der Waals surface area contributed by atoms with E-state index in [0.29, 0.717) is 12.2 Å². The first-order chi connectivity index (χ1) is 9.97. The largest absolute Gasteiger partial charge is 0.266 e. The molecule has 0 amide bonds. The molecule has 1 atom stereocenters. The van der Waals surface area contributed by atoms with E-state index in [9.17, 15) is 8.42 Å². The lowest BCUT2D eigenvalue weighted by molar-refractivity contribution is 0.393. The summed E-state index contributed by atoms with van der Waals surface area (Å²) in [5, 5.41) is 4.10. The van der Waals surface area contributed by atoms with Crippen molar-refractivity contribution in [3.05, 3.63) is 30.4 Å². The first kappa shape index (κ1) is 14.2. The van der Waals surface area contributed by atoms with E-state index in [-0.39, 0.29) is 6.04 Å². The van der Waals surface area contributed by atoms with Crippen molar-refractivity contribution in [1.29, 1.82) is 0 Å². The van der Waals surface area contributed by atoms with Crippen molar-refractivity contribution in [2.45, 2.75) is 18.9 Å². The molecule has 3 heterocycles. The Morgan fingerprint density at radius 1 is 1.29 bits per heavy atom. The lowest BCUT2D eigenvalue weighted by atomic mass is 10.1. The number of aryl methyl sites for hydroxylation is 1. The smallest absolute Gasteiger partial charge is 0.211 e. The van der Waals surface area contributed by atoms with Gasteiger partial charge in [-0.05, 0) is 18.9 Å². The van der Waals surface area contributed by atoms with E-state index < -0.39 is 10.0 Å². The van der Waals surface area contributed by atoms with Gasteiger partial charge in [-0.2, -0.15) is 9.40 Å². The van der Waals surface area contributed by atoms with Gasteiger partial charge in [-0.1, -0.05) is 0 Å². The van der Waals surface area contributed by atoms with E-state index in [1.165, 1.54) is 10.6 Å². The topological polar surface area (TPSA) is 81.0 Å². The molecule has 2 aromatic rings. The van der Waals surface area contributed by atoms with Crippen molar-refractivity contribution in [3.63, 3.8) is 0 Å². The zero-order chi connectivity index (χ0) is 15.0. The zero-order valence-corrected chi connectivity index (χ0v) is 12.8. The summed E-state index contributed by atoms with van der Waals surface area (Å²) in [5.74, 6) is 0. The van der Waals surface area contributed by atoms with Crippen LogP contribution < -0.4 is 0 Å². The molecule has 1 saturated heterocycles. The molecule has 0 saturated carbocycles. The Bertz CT molecular complexity index is 738. The highest BCUT2D eigenvalue weighted by Gasteiger charge is 2.33. The van der Waals surface area contributed by atoms with E-state index in [4.69, 9.17) is 0 Å². The molecule has 7 nitrogen and oxygen atoms in total. The van der Waals surface area contributed by atoms with Crippen molar-refractivity contribution in [1.82, 2.24) is 24.1 Å². The fourth-order valence-corrected chi connectivity index (χ4v) is 3.84. The maximum Gasteiger partial charge on any atom is 0.211 e. The maximum atomic E-state index is 11.8. The van der Waals surface area contributed by atoms with E-state index in [2.05, 4.69) is 15.1 Å². The predicted molar refractivity (Wildman–Crippen MR) is 77.8 cm³/mol. The Hall–Kier alpha value is -1.80. The molecule has 1 unspecified atom stereocenters. The van der Waals surface area contributed by atoms with Crippen molar-refractivity contribution in [2.24, 2.45) is 7.05 Å². The molecule has 21 heavy (non-hydrogen) atoms. The summed E-state index contributed by atoms with van der Waals surface area (Å²) in [6.07, 6.45) is 7.91. The number of sulfonamides is 1. The first-order valence-corrected chi connectivity index (χ1v) is 8.59. The molecule has 0 aliphatic carbocycles. The number of hydrogen-bond donors (Lipinski definition) is 0. The monoisotopic (exact) mass is 307 g/mol. The van der Waals surface area contributed by atoms with Gasteiger partial charge in [0.2, 0.25) is 10.0 Å². The summed E-state index contributed by atoms with van der Waals surface area (Å²) in [6.45, 7) is 0.550. The lowest BCUT2D eigenvalue weighted by Crippen LogP contribution is -2.30. The van der Waals surface area contributed by atoms with Gasteiger partial charge in [-0.25, -0.2) is 8.42 Å². The molecular weight excluding hydrogens is 290 g/mol. The average molecular weight is 307 g/mol. The summed E-state index contributed by atoms with van der Waals surface area (Å²) in [6, 6.07) is 1.66. The summed E-state index contributed by atoms with van der Waals surface area (Å²) in [5.41, 5.74) is 2.30. The van der Waals surface area contributed by atoms with Crippen molar-refractivity contribution < 1.29 is 8.42 Å². The van der Waals surface area contributed by atoms with Crippen LogP contribution in [0.25, 0.3) is 11.4 Å². The Kier molecular flexibility index (Phi) is 3.50. The van der Waals surface area contributed by atoms with E-state index in [0.717, 1.165) is 24.2 Å². The average Bonchev–Trinajstić information content (AvgIpc) is 3.06. The third-order valence-electron chi connectivity index (χ3n) is 3.73. The van der Waals surface area contributed by atoms with Crippen LogP contribution >= 0.6 is 0 Å². The molecule has 1 aliphatic rings. The highest BCUT2D eigenvalue weighted by molar-refractivity contribution is 7.88. The second-order valence-electron chi connectivity index (χ2n) is 5.20. The molecular formula is C13H17N5O2S. The molecule has 0 bridgehead atoms. The van der Waals surface area contributed by atoms with Gasteiger partial charge in [0, 0.05) is 19.8 Å². The van der Waals surface area contributed by atoms with Gasteiger partial charge in [-0.15, -0.1) is 0 Å². The van der Waals surface area contributed by atoms with Gasteiger partial charge in [0.25, 0.3) is 0 Å². The standard InChI is InChI=1S/C13H17N5O2S/c1-17-12(5-6-16-17)10-8-15-11(9-14-10)13-4-3-7-18(13)21(2,19)20/h5-6,8-9,13H,3-4,7H2,1-2H3. The predicted octanol–water partition coefficient (Wildman–Crippen LogP) is 0.974. The van der Waals surface area contributed by atoms with Crippen LogP contribution in [-0.4, -0.2) is 45.3 Å². The van der Waals surface area contributed by atoms with Crippen LogP contribution in [0.15, 0.2) is 24.7 Å². The Morgan fingerprint density at radius 3 is 2.67 bits per heavy atom. The summed E-state index contributed by atoms with van der Waals surface area (Å²) >= 11 is 0. The fourth-order valence-electron chi connectivity index (χ4n) is 2.70. The highest BCUT2D eigenvalue weighted by atomic mass is 32.2. The summed E-state index contributed by atoms with van der Waals surface area (Å²) in [7, 11) is -1.37. The Morgan fingerprint density at radius 2 is 2.10 bits per heavy atom. The van der Waals surface area contributed by atoms with Crippen LogP contribution in [0.5, 0.6) is 0 Å². The summed E-state index contributed by atoms with van der Waals surface area (Å²) < 4.78 is 26.8. The van der Waals surface area contributed by atoms with Crippen molar-refractivity contribution in [2.75, 3.05) is 12.8 Å². The molecule has 1 aliphatic heterocycles. The van der Waals surface area contributed by atoms with Crippen LogP contribution in [-0.2, 0) is 17.1 Å². The van der Waals surface area contributed by atoms with E-state index in [1.807, 2.05) is 13.1 Å². The van der Waals surface area contributed by atoms with E-state index >= 15 is 0 Å². The van der Waals surface area contributed by atoms with E-state index in [1.54, 1.807) is 23.3 Å². The lowest BCUT2D eigenvalue weighted by Gasteiger charge is -2.21. The van der Waals surface area contributed by atoms with Crippen LogP contribution in [0.1, 0.15) is 24.6 Å². The molecule has 0 aromatic carbocycles. The number of hydrogen-bond acceptors (Lipinski definition) is 5. The van der Waals surface area contributed by atoms with Gasteiger partial charge in [-0.3, -0.25) is 14.6 Å². The van der Waals surface area contributed by atoms with Gasteiger partial charge in [0.05, 0.1) is 36.1 Å². The Balaban J connectivity index is 1.89. The van der Waals surface area contributed by atoms with Crippen molar-refractivity contribution in [3.8, 4) is 11.4 Å². The first-order valence-electron chi connectivity index (χ1n) is 6.74. The van der Waals surface area contributed by atoms with Gasteiger partial charge < -0.3 is 0 Å². The normalized spacial score (nSPS) is 20.0. The second kappa shape index (κ2) is 5.19.